The maximum atomic E-state index is 14.1. The number of nitrogens with two attached hydrogens (primary N) is 3. The number of carboxylic acid groups (broad SMARTS) is 1. The van der Waals surface area contributed by atoms with Gasteiger partial charge in [0.05, 0.1) is 24.4 Å². The Morgan fingerprint density at radius 1 is 0.875 bits per heavy atom. The van der Waals surface area contributed by atoms with Crippen LogP contribution in [0.5, 0.6) is 0 Å². The number of carbonyl (C=O) groups is 8. The Labute approximate surface area is 372 Å². The third-order valence-corrected chi connectivity index (χ3v) is 11.8. The van der Waals surface area contributed by atoms with Crippen LogP contribution in [0.4, 0.5) is 0 Å². The highest BCUT2D eigenvalue weighted by molar-refractivity contribution is 6.01. The minimum atomic E-state index is -1.57. The van der Waals surface area contributed by atoms with Crippen molar-refractivity contribution in [3.05, 3.63) is 77.5 Å². The Morgan fingerprint density at radius 3 is 2.17 bits per heavy atom. The van der Waals surface area contributed by atoms with Crippen molar-refractivity contribution < 1.29 is 43.5 Å². The Balaban J connectivity index is 1.40. The zero-order valence-electron chi connectivity index (χ0n) is 36.9. The number of pyridine rings is 1. The summed E-state index contributed by atoms with van der Waals surface area (Å²) in [5.41, 5.74) is 19.2. The van der Waals surface area contributed by atoms with Gasteiger partial charge in [-0.05, 0) is 66.5 Å². The van der Waals surface area contributed by atoms with Crippen molar-refractivity contribution in [1.82, 2.24) is 25.8 Å². The van der Waals surface area contributed by atoms with E-state index in [0.717, 1.165) is 16.5 Å². The van der Waals surface area contributed by atoms with Crippen LogP contribution in [0.1, 0.15) is 94.1 Å². The van der Waals surface area contributed by atoms with Gasteiger partial charge in [-0.25, -0.2) is 0 Å². The summed E-state index contributed by atoms with van der Waals surface area (Å²) in [6.07, 6.45) is 2.01. The van der Waals surface area contributed by atoms with E-state index in [9.17, 15) is 43.5 Å². The number of amides is 5. The van der Waals surface area contributed by atoms with Gasteiger partial charge in [0, 0.05) is 49.0 Å². The van der Waals surface area contributed by atoms with E-state index in [1.165, 1.54) is 4.90 Å². The number of nitrogens with one attached hydrogen (secondary N) is 3. The molecule has 0 radical (unpaired) electrons. The number of aliphatic carboxylic acids is 1. The molecule has 4 rings (SSSR count). The number of aliphatic imine (C=N–C) groups is 1. The lowest BCUT2D eigenvalue weighted by atomic mass is 9.90. The van der Waals surface area contributed by atoms with E-state index in [1.54, 1.807) is 50.4 Å². The molecule has 18 heteroatoms. The topological polar surface area (TPSA) is 299 Å². The van der Waals surface area contributed by atoms with Gasteiger partial charge in [-0.15, -0.1) is 0 Å². The van der Waals surface area contributed by atoms with Crippen LogP contribution in [-0.2, 0) is 46.4 Å². The highest BCUT2D eigenvalue weighted by atomic mass is 16.4. The van der Waals surface area contributed by atoms with Crippen LogP contribution in [0.3, 0.4) is 0 Å². The molecular weight excluding hydrogens is 823 g/mol. The molecule has 1 fully saturated rings. The quantitative estimate of drug-likeness (QED) is 0.0278. The van der Waals surface area contributed by atoms with Gasteiger partial charge in [-0.2, -0.15) is 0 Å². The number of nitrogens with zero attached hydrogens (tertiary/aromatic N) is 3. The van der Waals surface area contributed by atoms with Gasteiger partial charge in [0.1, 0.15) is 18.1 Å². The Bertz CT molecular complexity index is 2210. The molecule has 64 heavy (non-hydrogen) atoms. The number of fused-ring (bicyclic) bond motifs is 1. The molecule has 2 aromatic carbocycles. The number of carboxylic acids is 1. The Kier molecular flexibility index (Phi) is 18.4. The first kappa shape index (κ1) is 49.9. The SMILES string of the molecule is CC[C@H](C)[C@H](NC(=O)[C@@H](CCCN=C(N)N)CC(=O)[C@H](CC(=O)O)NC(=O)[C@H]([C@@H](C)CC)N1CCC(NC(=O)Cc2ccc(CC(=O)c3ccc4ncccc4c3)cc2)C1=O)C(N)=O. The van der Waals surface area contributed by atoms with Crippen molar-refractivity contribution in [3.8, 4) is 0 Å². The van der Waals surface area contributed by atoms with Gasteiger partial charge >= 0.3 is 5.97 Å². The number of rotatable bonds is 25. The number of guanidine groups is 1. The zero-order valence-corrected chi connectivity index (χ0v) is 36.9. The number of hydrogen-bond acceptors (Lipinski definition) is 10. The number of hydrogen-bond donors (Lipinski definition) is 7. The lowest BCUT2D eigenvalue weighted by Gasteiger charge is -2.33. The zero-order chi connectivity index (χ0) is 47.1. The molecule has 0 aliphatic carbocycles. The summed E-state index contributed by atoms with van der Waals surface area (Å²) in [6, 6.07) is 11.5. The van der Waals surface area contributed by atoms with E-state index in [0.29, 0.717) is 24.0 Å². The molecule has 0 saturated carbocycles. The lowest BCUT2D eigenvalue weighted by Crippen LogP contribution is -2.56. The number of likely N-dealkylation sites (tertiary alicyclic amines) is 1. The number of aromatic nitrogens is 1. The molecule has 7 atom stereocenters. The summed E-state index contributed by atoms with van der Waals surface area (Å²) in [5.74, 6) is -7.29. The van der Waals surface area contributed by atoms with Crippen LogP contribution in [0, 0.1) is 17.8 Å². The van der Waals surface area contributed by atoms with Crippen LogP contribution in [0.15, 0.2) is 65.8 Å². The molecule has 0 bridgehead atoms. The van der Waals surface area contributed by atoms with Gasteiger partial charge in [0.25, 0.3) is 0 Å². The molecule has 0 spiro atoms. The van der Waals surface area contributed by atoms with Crippen LogP contribution < -0.4 is 33.2 Å². The summed E-state index contributed by atoms with van der Waals surface area (Å²) in [6.45, 7) is 7.36. The number of Topliss-reactive ketones (excluding diaryl/α,β-unsaturated/α-hetero) is 2. The number of primary amides is 1. The second kappa shape index (κ2) is 23.6. The number of ketones is 2. The smallest absolute Gasteiger partial charge is 0.305 e. The highest BCUT2D eigenvalue weighted by Gasteiger charge is 2.43. The fourth-order valence-corrected chi connectivity index (χ4v) is 7.72. The monoisotopic (exact) mass is 883 g/mol. The minimum absolute atomic E-state index is 0.0436. The van der Waals surface area contributed by atoms with E-state index in [4.69, 9.17) is 17.2 Å². The third kappa shape index (κ3) is 14.2. The molecule has 5 amide bonds. The fraction of sp³-hybridized carbons (Fsp3) is 0.478. The van der Waals surface area contributed by atoms with Crippen molar-refractivity contribution in [3.63, 3.8) is 0 Å². The molecule has 2 heterocycles. The van der Waals surface area contributed by atoms with Crippen molar-refractivity contribution in [2.45, 2.75) is 110 Å². The molecule has 1 aromatic heterocycles. The van der Waals surface area contributed by atoms with Gasteiger partial charge < -0.3 is 43.2 Å². The van der Waals surface area contributed by atoms with Crippen molar-refractivity contribution >= 4 is 63.9 Å². The minimum Gasteiger partial charge on any atom is -0.481 e. The molecule has 1 unspecified atom stereocenters. The summed E-state index contributed by atoms with van der Waals surface area (Å²) in [4.78, 5) is 115. The van der Waals surface area contributed by atoms with E-state index < -0.39 is 90.1 Å². The van der Waals surface area contributed by atoms with E-state index in [2.05, 4.69) is 25.9 Å². The molecular formula is C46H61N9O9. The second-order valence-electron chi connectivity index (χ2n) is 16.5. The standard InChI is InChI=1S/C46H61N9O9/c1-5-26(3)40(42(47)61)54-43(62)32(10-8-19-51-46(48)49)24-37(57)35(25-39(59)60)53-44(63)41(27(4)6-2)55-20-17-34(45(55)64)52-38(58)22-29-13-11-28(12-14-29)21-36(56)31-15-16-33-30(23-31)9-7-18-50-33/h7,9,11-16,18,23,26-27,32,34-35,40-41H,5-6,8,10,17,19-22,24-25H2,1-4H3,(H2,47,61)(H,52,58)(H,53,63)(H,54,62)(H,59,60)(H4,48,49,51)/t26-,27-,32-,34?,35-,40-,41-/m0/s1. The largest absolute Gasteiger partial charge is 0.481 e. The summed E-state index contributed by atoms with van der Waals surface area (Å²) in [7, 11) is 0. The van der Waals surface area contributed by atoms with E-state index in [1.807, 2.05) is 38.1 Å². The van der Waals surface area contributed by atoms with E-state index in [-0.39, 0.29) is 62.9 Å². The Hall–Kier alpha value is -6.72. The van der Waals surface area contributed by atoms with Gasteiger partial charge in [-0.3, -0.25) is 48.3 Å². The maximum absolute atomic E-state index is 14.1. The second-order valence-corrected chi connectivity index (χ2v) is 16.5. The molecule has 18 nitrogen and oxygen atoms in total. The summed E-state index contributed by atoms with van der Waals surface area (Å²) >= 11 is 0. The first-order chi connectivity index (χ1) is 30.4. The van der Waals surface area contributed by atoms with Crippen LogP contribution >= 0.6 is 0 Å². The molecule has 1 saturated heterocycles. The van der Waals surface area contributed by atoms with Crippen molar-refractivity contribution in [1.29, 1.82) is 0 Å². The lowest BCUT2D eigenvalue weighted by molar-refractivity contribution is -0.144. The summed E-state index contributed by atoms with van der Waals surface area (Å²) in [5, 5.41) is 18.6. The van der Waals surface area contributed by atoms with Crippen molar-refractivity contribution in [2.24, 2.45) is 39.9 Å². The van der Waals surface area contributed by atoms with E-state index >= 15 is 0 Å². The molecule has 1 aliphatic rings. The third-order valence-electron chi connectivity index (χ3n) is 11.8. The predicted molar refractivity (Wildman–Crippen MR) is 239 cm³/mol. The molecule has 344 valence electrons. The number of benzene rings is 2. The highest BCUT2D eigenvalue weighted by Crippen LogP contribution is 2.24. The molecule has 3 aromatic rings. The Morgan fingerprint density at radius 2 is 1.55 bits per heavy atom. The van der Waals surface area contributed by atoms with Crippen LogP contribution in [0.2, 0.25) is 0 Å². The average Bonchev–Trinajstić information content (AvgIpc) is 3.60. The first-order valence-corrected chi connectivity index (χ1v) is 21.7. The average molecular weight is 884 g/mol. The van der Waals surface area contributed by atoms with Gasteiger partial charge in [-0.1, -0.05) is 70.9 Å². The summed E-state index contributed by atoms with van der Waals surface area (Å²) < 4.78 is 0. The predicted octanol–water partition coefficient (Wildman–Crippen LogP) is 1.94. The van der Waals surface area contributed by atoms with Crippen LogP contribution in [-0.4, -0.2) is 105 Å². The molecule has 1 aliphatic heterocycles. The normalized spacial score (nSPS) is 16.4. The maximum Gasteiger partial charge on any atom is 0.305 e. The molecule has 10 N–H and O–H groups in total. The fourth-order valence-electron chi connectivity index (χ4n) is 7.72. The van der Waals surface area contributed by atoms with Gasteiger partial charge in [0.15, 0.2) is 17.5 Å². The number of carbonyl (C=O) groups excluding carboxylic acids is 7. The van der Waals surface area contributed by atoms with Crippen molar-refractivity contribution in [2.75, 3.05) is 13.1 Å². The van der Waals surface area contributed by atoms with Crippen LogP contribution in [0.25, 0.3) is 10.9 Å². The van der Waals surface area contributed by atoms with Gasteiger partial charge in [0.2, 0.25) is 29.5 Å². The first-order valence-electron chi connectivity index (χ1n) is 21.7.